The van der Waals surface area contributed by atoms with Crippen molar-refractivity contribution in [2.75, 3.05) is 0 Å². The van der Waals surface area contributed by atoms with Crippen LogP contribution in [0.5, 0.6) is 5.75 Å². The summed E-state index contributed by atoms with van der Waals surface area (Å²) in [6, 6.07) is 7.79. The lowest BCUT2D eigenvalue weighted by Gasteiger charge is -2.10. The zero-order valence-corrected chi connectivity index (χ0v) is 10.5. The van der Waals surface area contributed by atoms with E-state index in [1.807, 2.05) is 24.3 Å². The molecule has 3 rings (SSSR count). The molecule has 0 amide bonds. The number of hydrogen-bond donors (Lipinski definition) is 1. The van der Waals surface area contributed by atoms with Crippen LogP contribution in [0.25, 0.3) is 0 Å². The second-order valence-corrected chi connectivity index (χ2v) is 5.48. The number of benzene rings is 1. The maximum atomic E-state index is 12.3. The number of carbonyl (C=O) groups excluding carboxylic acids is 1. The molecule has 2 aliphatic carbocycles. The summed E-state index contributed by atoms with van der Waals surface area (Å²) in [5.41, 5.74) is 6.64. The Labute approximate surface area is 107 Å². The lowest BCUT2D eigenvalue weighted by atomic mass is 9.96. The van der Waals surface area contributed by atoms with Gasteiger partial charge in [0.2, 0.25) is 0 Å². The van der Waals surface area contributed by atoms with E-state index in [0.29, 0.717) is 6.10 Å². The summed E-state index contributed by atoms with van der Waals surface area (Å²) in [4.78, 5) is 12.3. The van der Waals surface area contributed by atoms with Crippen molar-refractivity contribution in [3.8, 4) is 5.75 Å². The van der Waals surface area contributed by atoms with Gasteiger partial charge in [-0.3, -0.25) is 4.79 Å². The van der Waals surface area contributed by atoms with Crippen molar-refractivity contribution in [1.82, 2.24) is 0 Å². The van der Waals surface area contributed by atoms with Crippen molar-refractivity contribution < 1.29 is 9.53 Å². The van der Waals surface area contributed by atoms with Gasteiger partial charge in [-0.1, -0.05) is 12.1 Å². The lowest BCUT2D eigenvalue weighted by Crippen LogP contribution is -2.18. The van der Waals surface area contributed by atoms with E-state index in [0.717, 1.165) is 43.4 Å². The fourth-order valence-corrected chi connectivity index (χ4v) is 2.59. The number of nitrogens with two attached hydrogens (primary N) is 1. The molecule has 96 valence electrons. The first kappa shape index (κ1) is 11.7. The highest BCUT2D eigenvalue weighted by atomic mass is 16.5. The van der Waals surface area contributed by atoms with E-state index >= 15 is 0 Å². The highest BCUT2D eigenvalue weighted by molar-refractivity contribution is 5.98. The average Bonchev–Trinajstić information content (AvgIpc) is 3.08. The van der Waals surface area contributed by atoms with E-state index in [2.05, 4.69) is 0 Å². The molecule has 2 saturated carbocycles. The molecular formula is C15H19NO2. The summed E-state index contributed by atoms with van der Waals surface area (Å²) in [7, 11) is 0. The fraction of sp³-hybridized carbons (Fsp3) is 0.533. The Balaban J connectivity index is 1.72. The number of ether oxygens (including phenoxy) is 1. The molecule has 1 aromatic rings. The number of rotatable bonds is 4. The largest absolute Gasteiger partial charge is 0.490 e. The van der Waals surface area contributed by atoms with E-state index < -0.39 is 0 Å². The van der Waals surface area contributed by atoms with Gasteiger partial charge < -0.3 is 10.5 Å². The van der Waals surface area contributed by atoms with Gasteiger partial charge in [0, 0.05) is 17.5 Å². The van der Waals surface area contributed by atoms with Crippen LogP contribution in [0.15, 0.2) is 24.3 Å². The van der Waals surface area contributed by atoms with Crippen LogP contribution in [0.2, 0.25) is 0 Å². The molecule has 3 nitrogen and oxygen atoms in total. The van der Waals surface area contributed by atoms with Crippen LogP contribution in [-0.4, -0.2) is 17.9 Å². The van der Waals surface area contributed by atoms with E-state index in [1.165, 1.54) is 0 Å². The first-order valence-corrected chi connectivity index (χ1v) is 6.79. The molecule has 2 atom stereocenters. The third-order valence-electron chi connectivity index (χ3n) is 3.79. The summed E-state index contributed by atoms with van der Waals surface area (Å²) in [5, 5.41) is 0. The highest BCUT2D eigenvalue weighted by Gasteiger charge is 2.29. The molecule has 3 heteroatoms. The number of ketones is 1. The molecule has 2 unspecified atom stereocenters. The van der Waals surface area contributed by atoms with Gasteiger partial charge in [0.25, 0.3) is 0 Å². The van der Waals surface area contributed by atoms with Gasteiger partial charge >= 0.3 is 0 Å². The Morgan fingerprint density at radius 3 is 2.72 bits per heavy atom. The zero-order valence-electron chi connectivity index (χ0n) is 10.5. The lowest BCUT2D eigenvalue weighted by molar-refractivity contribution is 0.0921. The van der Waals surface area contributed by atoms with E-state index in [-0.39, 0.29) is 17.7 Å². The number of carbonyl (C=O) groups is 1. The Morgan fingerprint density at radius 2 is 2.06 bits per heavy atom. The van der Waals surface area contributed by atoms with Crippen molar-refractivity contribution in [2.24, 2.45) is 11.7 Å². The Morgan fingerprint density at radius 1 is 1.22 bits per heavy atom. The average molecular weight is 245 g/mol. The molecule has 2 fully saturated rings. The summed E-state index contributed by atoms with van der Waals surface area (Å²) >= 11 is 0. The predicted molar refractivity (Wildman–Crippen MR) is 69.7 cm³/mol. The summed E-state index contributed by atoms with van der Waals surface area (Å²) in [6.45, 7) is 0. The Kier molecular flexibility index (Phi) is 3.08. The molecular weight excluding hydrogens is 226 g/mol. The number of Topliss-reactive ketones (excluding diaryl/α,β-unsaturated/α-hetero) is 1. The normalized spacial score (nSPS) is 27.2. The first-order chi connectivity index (χ1) is 8.72. The third-order valence-corrected chi connectivity index (χ3v) is 3.79. The Bertz CT molecular complexity index is 454. The second-order valence-electron chi connectivity index (χ2n) is 5.48. The van der Waals surface area contributed by atoms with E-state index in [4.69, 9.17) is 10.5 Å². The van der Waals surface area contributed by atoms with Gasteiger partial charge in [0.1, 0.15) is 5.75 Å². The van der Waals surface area contributed by atoms with E-state index in [9.17, 15) is 4.79 Å². The van der Waals surface area contributed by atoms with Gasteiger partial charge in [-0.25, -0.2) is 0 Å². The second kappa shape index (κ2) is 4.73. The maximum absolute atomic E-state index is 12.3. The van der Waals surface area contributed by atoms with Crippen LogP contribution >= 0.6 is 0 Å². The minimum Gasteiger partial charge on any atom is -0.490 e. The maximum Gasteiger partial charge on any atom is 0.166 e. The molecule has 2 N–H and O–H groups in total. The standard InChI is InChI=1S/C15H19NO2/c16-12-5-4-11(8-12)15(17)10-2-1-3-14(9-10)18-13-6-7-13/h1-3,9,11-13H,4-8,16H2. The van der Waals surface area contributed by atoms with Crippen molar-refractivity contribution in [3.63, 3.8) is 0 Å². The summed E-state index contributed by atoms with van der Waals surface area (Å²) < 4.78 is 5.72. The molecule has 2 aliphatic rings. The molecule has 0 radical (unpaired) electrons. The van der Waals surface area contributed by atoms with Gasteiger partial charge in [0.15, 0.2) is 5.78 Å². The molecule has 18 heavy (non-hydrogen) atoms. The fourth-order valence-electron chi connectivity index (χ4n) is 2.59. The van der Waals surface area contributed by atoms with Crippen LogP contribution in [0.3, 0.4) is 0 Å². The third kappa shape index (κ3) is 2.56. The van der Waals surface area contributed by atoms with Gasteiger partial charge in [0.05, 0.1) is 6.10 Å². The molecule has 0 aliphatic heterocycles. The Hall–Kier alpha value is -1.35. The quantitative estimate of drug-likeness (QED) is 0.829. The minimum atomic E-state index is 0.108. The molecule has 0 spiro atoms. The van der Waals surface area contributed by atoms with Crippen molar-refractivity contribution >= 4 is 5.78 Å². The van der Waals surface area contributed by atoms with E-state index in [1.54, 1.807) is 0 Å². The number of hydrogen-bond acceptors (Lipinski definition) is 3. The SMILES string of the molecule is NC1CCC(C(=O)c2cccc(OC3CC3)c2)C1. The smallest absolute Gasteiger partial charge is 0.166 e. The van der Waals surface area contributed by atoms with Crippen molar-refractivity contribution in [2.45, 2.75) is 44.2 Å². The molecule has 0 saturated heterocycles. The molecule has 0 heterocycles. The van der Waals surface area contributed by atoms with Gasteiger partial charge in [-0.15, -0.1) is 0 Å². The summed E-state index contributed by atoms with van der Waals surface area (Å²) in [5.74, 6) is 1.16. The zero-order chi connectivity index (χ0) is 12.5. The van der Waals surface area contributed by atoms with Gasteiger partial charge in [-0.05, 0) is 44.2 Å². The summed E-state index contributed by atoms with van der Waals surface area (Å²) in [6.07, 6.45) is 5.36. The van der Waals surface area contributed by atoms with Crippen LogP contribution in [-0.2, 0) is 0 Å². The van der Waals surface area contributed by atoms with Gasteiger partial charge in [-0.2, -0.15) is 0 Å². The first-order valence-electron chi connectivity index (χ1n) is 6.79. The monoisotopic (exact) mass is 245 g/mol. The van der Waals surface area contributed by atoms with Crippen LogP contribution in [0, 0.1) is 5.92 Å². The molecule has 0 bridgehead atoms. The van der Waals surface area contributed by atoms with Crippen LogP contribution in [0.1, 0.15) is 42.5 Å². The highest BCUT2D eigenvalue weighted by Crippen LogP contribution is 2.30. The van der Waals surface area contributed by atoms with Crippen LogP contribution < -0.4 is 10.5 Å². The molecule has 1 aromatic carbocycles. The topological polar surface area (TPSA) is 52.3 Å². The molecule has 0 aromatic heterocycles. The van der Waals surface area contributed by atoms with Crippen molar-refractivity contribution in [1.29, 1.82) is 0 Å². The predicted octanol–water partition coefficient (Wildman–Crippen LogP) is 2.54. The van der Waals surface area contributed by atoms with Crippen LogP contribution in [0.4, 0.5) is 0 Å². The minimum absolute atomic E-state index is 0.108. The van der Waals surface area contributed by atoms with Crippen molar-refractivity contribution in [3.05, 3.63) is 29.8 Å².